The molecular formula is C12H18N3. The Hall–Kier alpha value is -1.09. The van der Waals surface area contributed by atoms with Crippen LogP contribution in [0.25, 0.3) is 0 Å². The summed E-state index contributed by atoms with van der Waals surface area (Å²) in [5, 5.41) is 0. The number of hydrogen-bond acceptors (Lipinski definition) is 2. The molecule has 0 bridgehead atoms. The molecule has 1 aromatic heterocycles. The number of pyridine rings is 1. The maximum absolute atomic E-state index is 7.23. The van der Waals surface area contributed by atoms with E-state index in [9.17, 15) is 0 Å². The lowest BCUT2D eigenvalue weighted by Crippen LogP contribution is -2.33. The highest BCUT2D eigenvalue weighted by Crippen LogP contribution is 2.24. The molecule has 0 unspecified atom stereocenters. The van der Waals surface area contributed by atoms with Gasteiger partial charge >= 0.3 is 0 Å². The Morgan fingerprint density at radius 3 is 2.53 bits per heavy atom. The van der Waals surface area contributed by atoms with Gasteiger partial charge in [-0.05, 0) is 37.3 Å². The van der Waals surface area contributed by atoms with Crippen molar-refractivity contribution in [3.05, 3.63) is 24.5 Å². The Labute approximate surface area is 91.3 Å². The number of nitrogens with one attached hydrogen (secondary N) is 1. The first-order valence-electron chi connectivity index (χ1n) is 5.69. The van der Waals surface area contributed by atoms with Crippen molar-refractivity contribution in [2.24, 2.45) is 5.92 Å². The summed E-state index contributed by atoms with van der Waals surface area (Å²) in [6.45, 7) is 2.85. The molecule has 1 saturated heterocycles. The second-order valence-corrected chi connectivity index (χ2v) is 4.17. The van der Waals surface area contributed by atoms with Crippen LogP contribution in [0.5, 0.6) is 0 Å². The molecule has 15 heavy (non-hydrogen) atoms. The third-order valence-electron chi connectivity index (χ3n) is 3.19. The lowest BCUT2D eigenvalue weighted by Gasteiger charge is -2.33. The first-order valence-corrected chi connectivity index (χ1v) is 5.69. The number of piperidine rings is 1. The van der Waals surface area contributed by atoms with Crippen molar-refractivity contribution in [2.75, 3.05) is 24.5 Å². The molecule has 1 radical (unpaired) electrons. The van der Waals surface area contributed by atoms with Gasteiger partial charge < -0.3 is 4.90 Å². The normalized spacial score (nSPS) is 18.1. The standard InChI is InChI=1S/C12H18N3/c13-6-1-11-4-9-15(10-5-11)12-2-7-14-8-3-12/h2-3,7-8,11,13H,1,4-6,9-10H2. The lowest BCUT2D eigenvalue weighted by atomic mass is 9.93. The first-order chi connectivity index (χ1) is 7.40. The van der Waals surface area contributed by atoms with Crippen LogP contribution < -0.4 is 10.6 Å². The topological polar surface area (TPSA) is 39.9 Å². The summed E-state index contributed by atoms with van der Waals surface area (Å²) in [5.41, 5.74) is 8.52. The van der Waals surface area contributed by atoms with Crippen LogP contribution in [0.15, 0.2) is 24.5 Å². The third kappa shape index (κ3) is 2.69. The van der Waals surface area contributed by atoms with Gasteiger partial charge in [-0.1, -0.05) is 0 Å². The van der Waals surface area contributed by atoms with Crippen molar-refractivity contribution in [2.45, 2.75) is 19.3 Å². The van der Waals surface area contributed by atoms with Crippen LogP contribution in [-0.2, 0) is 0 Å². The fourth-order valence-electron chi connectivity index (χ4n) is 2.24. The number of rotatable bonds is 3. The zero-order valence-corrected chi connectivity index (χ0v) is 9.02. The maximum Gasteiger partial charge on any atom is 0.0397 e. The molecule has 3 heteroatoms. The third-order valence-corrected chi connectivity index (χ3v) is 3.19. The maximum atomic E-state index is 7.23. The van der Waals surface area contributed by atoms with E-state index >= 15 is 0 Å². The van der Waals surface area contributed by atoms with Gasteiger partial charge in [0.1, 0.15) is 0 Å². The van der Waals surface area contributed by atoms with E-state index < -0.39 is 0 Å². The largest absolute Gasteiger partial charge is 0.371 e. The molecule has 0 amide bonds. The van der Waals surface area contributed by atoms with E-state index in [2.05, 4.69) is 22.0 Å². The molecule has 81 valence electrons. The molecule has 0 spiro atoms. The quantitative estimate of drug-likeness (QED) is 0.755. The van der Waals surface area contributed by atoms with E-state index in [-0.39, 0.29) is 0 Å². The van der Waals surface area contributed by atoms with Crippen molar-refractivity contribution in [3.8, 4) is 0 Å². The summed E-state index contributed by atoms with van der Waals surface area (Å²) in [5.74, 6) is 0.778. The van der Waals surface area contributed by atoms with Crippen LogP contribution in [-0.4, -0.2) is 24.6 Å². The average Bonchev–Trinajstić information content (AvgIpc) is 2.32. The zero-order valence-electron chi connectivity index (χ0n) is 9.02. The molecule has 0 atom stereocenters. The minimum Gasteiger partial charge on any atom is -0.371 e. The van der Waals surface area contributed by atoms with Gasteiger partial charge in [-0.25, -0.2) is 0 Å². The van der Waals surface area contributed by atoms with E-state index in [4.69, 9.17) is 5.73 Å². The van der Waals surface area contributed by atoms with Gasteiger partial charge in [0.2, 0.25) is 0 Å². The minimum absolute atomic E-state index is 0.583. The molecule has 0 aliphatic carbocycles. The lowest BCUT2D eigenvalue weighted by molar-refractivity contribution is 0.385. The highest BCUT2D eigenvalue weighted by Gasteiger charge is 2.18. The van der Waals surface area contributed by atoms with Crippen molar-refractivity contribution in [1.82, 2.24) is 10.7 Å². The summed E-state index contributed by atoms with van der Waals surface area (Å²) in [6, 6.07) is 4.15. The minimum atomic E-state index is 0.583. The van der Waals surface area contributed by atoms with E-state index in [1.807, 2.05) is 12.4 Å². The summed E-state index contributed by atoms with van der Waals surface area (Å²) in [7, 11) is 0. The van der Waals surface area contributed by atoms with Crippen LogP contribution in [0, 0.1) is 5.92 Å². The summed E-state index contributed by atoms with van der Waals surface area (Å²) < 4.78 is 0. The molecule has 1 aliphatic heterocycles. The SMILES string of the molecule is [NH]CCC1CCN(c2ccncc2)CC1. The average molecular weight is 204 g/mol. The fourth-order valence-corrected chi connectivity index (χ4v) is 2.24. The van der Waals surface area contributed by atoms with Crippen LogP contribution in [0.1, 0.15) is 19.3 Å². The molecule has 1 fully saturated rings. The summed E-state index contributed by atoms with van der Waals surface area (Å²) in [6.07, 6.45) is 7.25. The van der Waals surface area contributed by atoms with E-state index in [0.717, 1.165) is 25.4 Å². The second kappa shape index (κ2) is 5.12. The zero-order chi connectivity index (χ0) is 10.5. The summed E-state index contributed by atoms with van der Waals surface area (Å²) in [4.78, 5) is 6.45. The number of nitrogens with zero attached hydrogens (tertiary/aromatic N) is 2. The molecule has 2 rings (SSSR count). The van der Waals surface area contributed by atoms with Gasteiger partial charge in [0, 0.05) is 37.7 Å². The molecule has 0 aromatic carbocycles. The molecule has 2 heterocycles. The predicted octanol–water partition coefficient (Wildman–Crippen LogP) is 1.97. The Morgan fingerprint density at radius 2 is 1.93 bits per heavy atom. The monoisotopic (exact) mass is 204 g/mol. The Balaban J connectivity index is 1.88. The van der Waals surface area contributed by atoms with Crippen molar-refractivity contribution < 1.29 is 0 Å². The molecule has 1 N–H and O–H groups in total. The number of anilines is 1. The van der Waals surface area contributed by atoms with E-state index in [0.29, 0.717) is 6.54 Å². The number of hydrogen-bond donors (Lipinski definition) is 0. The van der Waals surface area contributed by atoms with Crippen molar-refractivity contribution >= 4 is 5.69 Å². The van der Waals surface area contributed by atoms with Crippen molar-refractivity contribution in [1.29, 1.82) is 0 Å². The van der Waals surface area contributed by atoms with Crippen LogP contribution >= 0.6 is 0 Å². The molecule has 1 aliphatic rings. The van der Waals surface area contributed by atoms with Crippen LogP contribution in [0.4, 0.5) is 5.69 Å². The van der Waals surface area contributed by atoms with Crippen LogP contribution in [0.3, 0.4) is 0 Å². The van der Waals surface area contributed by atoms with Gasteiger partial charge in [-0.3, -0.25) is 10.7 Å². The van der Waals surface area contributed by atoms with E-state index in [1.165, 1.54) is 18.5 Å². The predicted molar refractivity (Wildman–Crippen MR) is 61.8 cm³/mol. The van der Waals surface area contributed by atoms with Crippen molar-refractivity contribution in [3.63, 3.8) is 0 Å². The fraction of sp³-hybridized carbons (Fsp3) is 0.583. The van der Waals surface area contributed by atoms with Gasteiger partial charge in [0.15, 0.2) is 0 Å². The first kappa shape index (κ1) is 10.4. The van der Waals surface area contributed by atoms with Gasteiger partial charge in [0.05, 0.1) is 0 Å². The molecule has 3 nitrogen and oxygen atoms in total. The molecule has 0 saturated carbocycles. The summed E-state index contributed by atoms with van der Waals surface area (Å²) >= 11 is 0. The highest BCUT2D eigenvalue weighted by molar-refractivity contribution is 5.44. The molecule has 1 aromatic rings. The van der Waals surface area contributed by atoms with Gasteiger partial charge in [0.25, 0.3) is 0 Å². The van der Waals surface area contributed by atoms with Gasteiger partial charge in [-0.15, -0.1) is 0 Å². The van der Waals surface area contributed by atoms with Gasteiger partial charge in [-0.2, -0.15) is 0 Å². The number of aromatic nitrogens is 1. The Kier molecular flexibility index (Phi) is 3.56. The Morgan fingerprint density at radius 1 is 1.27 bits per heavy atom. The van der Waals surface area contributed by atoms with E-state index in [1.54, 1.807) is 0 Å². The smallest absolute Gasteiger partial charge is 0.0397 e. The Bertz CT molecular complexity index is 278. The molecular weight excluding hydrogens is 186 g/mol. The van der Waals surface area contributed by atoms with Crippen LogP contribution in [0.2, 0.25) is 0 Å². The highest BCUT2D eigenvalue weighted by atomic mass is 15.1. The second-order valence-electron chi connectivity index (χ2n) is 4.17.